The first kappa shape index (κ1) is 15.0. The first-order chi connectivity index (χ1) is 11.2. The molecule has 6 nitrogen and oxygen atoms in total. The van der Waals surface area contributed by atoms with Crippen LogP contribution in [0, 0.1) is 0 Å². The zero-order chi connectivity index (χ0) is 15.9. The first-order valence-electron chi connectivity index (χ1n) is 7.79. The number of fused-ring (bicyclic) bond motifs is 3. The highest BCUT2D eigenvalue weighted by Gasteiger charge is 2.57. The monoisotopic (exact) mass is 334 g/mol. The van der Waals surface area contributed by atoms with Crippen molar-refractivity contribution in [2.75, 3.05) is 31.3 Å². The summed E-state index contributed by atoms with van der Waals surface area (Å²) in [7, 11) is 0. The van der Waals surface area contributed by atoms with Crippen LogP contribution < -0.4 is 10.2 Å². The lowest BCUT2D eigenvalue weighted by molar-refractivity contribution is -0.127. The molecule has 0 aliphatic carbocycles. The highest BCUT2D eigenvalue weighted by atomic mass is 32.2. The Hall–Kier alpha value is -1.57. The summed E-state index contributed by atoms with van der Waals surface area (Å²) in [5, 5.41) is 2.95. The Morgan fingerprint density at radius 2 is 2.26 bits per heavy atom. The molecule has 3 aliphatic heterocycles. The fourth-order valence-corrected chi connectivity index (χ4v) is 4.73. The van der Waals surface area contributed by atoms with Gasteiger partial charge < -0.3 is 14.8 Å². The average molecular weight is 334 g/mol. The quantitative estimate of drug-likeness (QED) is 0.898. The van der Waals surface area contributed by atoms with E-state index in [2.05, 4.69) is 5.32 Å². The molecule has 1 aromatic carbocycles. The molecule has 0 bridgehead atoms. The molecule has 23 heavy (non-hydrogen) atoms. The fourth-order valence-electron chi connectivity index (χ4n) is 3.30. The smallest absolute Gasteiger partial charge is 0.257 e. The number of anilines is 1. The van der Waals surface area contributed by atoms with Gasteiger partial charge in [0.05, 0.1) is 31.6 Å². The van der Waals surface area contributed by atoms with Crippen molar-refractivity contribution in [3.05, 3.63) is 24.3 Å². The number of benzene rings is 1. The van der Waals surface area contributed by atoms with Gasteiger partial charge in [-0.15, -0.1) is 0 Å². The predicted molar refractivity (Wildman–Crippen MR) is 85.3 cm³/mol. The molecular formula is C16H18N2O4S. The van der Waals surface area contributed by atoms with Gasteiger partial charge in [0.25, 0.3) is 5.91 Å². The molecule has 0 unspecified atom stereocenters. The maximum absolute atomic E-state index is 12.9. The van der Waals surface area contributed by atoms with Gasteiger partial charge >= 0.3 is 0 Å². The van der Waals surface area contributed by atoms with Crippen LogP contribution in [0.4, 0.5) is 5.69 Å². The molecule has 3 aliphatic rings. The number of thioether (sulfide) groups is 1. The maximum Gasteiger partial charge on any atom is 0.257 e. The van der Waals surface area contributed by atoms with Gasteiger partial charge in [-0.25, -0.2) is 0 Å². The van der Waals surface area contributed by atoms with Crippen molar-refractivity contribution in [2.45, 2.75) is 28.7 Å². The van der Waals surface area contributed by atoms with Gasteiger partial charge in [-0.1, -0.05) is 23.9 Å². The summed E-state index contributed by atoms with van der Waals surface area (Å²) in [6.45, 7) is 2.04. The van der Waals surface area contributed by atoms with E-state index in [9.17, 15) is 9.59 Å². The van der Waals surface area contributed by atoms with Crippen LogP contribution in [0.5, 0.6) is 0 Å². The van der Waals surface area contributed by atoms with Crippen molar-refractivity contribution in [3.63, 3.8) is 0 Å². The SMILES string of the molecule is O=C1CC[C@@]2(C(=O)NC[C@H]3COCCO3)Sc3ccccc3N12. The molecule has 0 saturated carbocycles. The van der Waals surface area contributed by atoms with Crippen molar-refractivity contribution in [3.8, 4) is 0 Å². The Balaban J connectivity index is 1.52. The number of carbonyl (C=O) groups is 2. The minimum atomic E-state index is -0.851. The van der Waals surface area contributed by atoms with Crippen molar-refractivity contribution in [2.24, 2.45) is 0 Å². The lowest BCUT2D eigenvalue weighted by atomic mass is 10.1. The zero-order valence-electron chi connectivity index (χ0n) is 12.6. The summed E-state index contributed by atoms with van der Waals surface area (Å²) < 4.78 is 10.9. The second-order valence-corrected chi connectivity index (χ2v) is 7.18. The molecule has 3 heterocycles. The molecule has 2 amide bonds. The summed E-state index contributed by atoms with van der Waals surface area (Å²) >= 11 is 1.47. The summed E-state index contributed by atoms with van der Waals surface area (Å²) in [5.41, 5.74) is 0.840. The maximum atomic E-state index is 12.9. The minimum absolute atomic E-state index is 0.00912. The Kier molecular flexibility index (Phi) is 3.79. The second-order valence-electron chi connectivity index (χ2n) is 5.86. The minimum Gasteiger partial charge on any atom is -0.376 e. The molecule has 0 spiro atoms. The van der Waals surface area contributed by atoms with Crippen LogP contribution in [0.25, 0.3) is 0 Å². The summed E-state index contributed by atoms with van der Waals surface area (Å²) in [5.74, 6) is -0.117. The molecule has 7 heteroatoms. The van der Waals surface area contributed by atoms with Gasteiger partial charge in [0, 0.05) is 17.9 Å². The Morgan fingerprint density at radius 3 is 3.09 bits per heavy atom. The van der Waals surface area contributed by atoms with Crippen molar-refractivity contribution < 1.29 is 19.1 Å². The zero-order valence-corrected chi connectivity index (χ0v) is 13.4. The number of hydrogen-bond acceptors (Lipinski definition) is 5. The molecule has 1 N–H and O–H groups in total. The first-order valence-corrected chi connectivity index (χ1v) is 8.61. The second kappa shape index (κ2) is 5.81. The third-order valence-electron chi connectivity index (χ3n) is 4.40. The van der Waals surface area contributed by atoms with Gasteiger partial charge in [-0.05, 0) is 18.6 Å². The van der Waals surface area contributed by atoms with E-state index < -0.39 is 4.87 Å². The number of carbonyl (C=O) groups excluding carboxylic acids is 2. The van der Waals surface area contributed by atoms with E-state index in [1.54, 1.807) is 4.90 Å². The van der Waals surface area contributed by atoms with Gasteiger partial charge in [0.15, 0.2) is 4.87 Å². The molecule has 4 rings (SSSR count). The number of amides is 2. The standard InChI is InChI=1S/C16H18N2O4S/c19-14-5-6-16(15(20)17-9-11-10-21-7-8-22-11)18(14)12-3-1-2-4-13(12)23-16/h1-4,11H,5-10H2,(H,17,20)/t11-,16-/m0/s1. The van der Waals surface area contributed by atoms with Gasteiger partial charge in [0.2, 0.25) is 5.91 Å². The molecule has 2 saturated heterocycles. The van der Waals surface area contributed by atoms with Crippen LogP contribution >= 0.6 is 11.8 Å². The van der Waals surface area contributed by atoms with Gasteiger partial charge in [0.1, 0.15) is 0 Å². The van der Waals surface area contributed by atoms with Gasteiger partial charge in [-0.3, -0.25) is 14.5 Å². The van der Waals surface area contributed by atoms with E-state index >= 15 is 0 Å². The summed E-state index contributed by atoms with van der Waals surface area (Å²) in [6, 6.07) is 7.68. The highest BCUT2D eigenvalue weighted by molar-refractivity contribution is 8.02. The molecule has 2 fully saturated rings. The van der Waals surface area contributed by atoms with E-state index in [4.69, 9.17) is 9.47 Å². The van der Waals surface area contributed by atoms with E-state index in [1.165, 1.54) is 11.8 Å². The number of para-hydroxylation sites is 1. The highest BCUT2D eigenvalue weighted by Crippen LogP contribution is 2.55. The summed E-state index contributed by atoms with van der Waals surface area (Å²) in [4.78, 5) is 27.0. The largest absolute Gasteiger partial charge is 0.376 e. The van der Waals surface area contributed by atoms with Crippen LogP contribution in [0.2, 0.25) is 0 Å². The lowest BCUT2D eigenvalue weighted by Gasteiger charge is -2.31. The predicted octanol–water partition coefficient (Wildman–Crippen LogP) is 1.15. The Labute approximate surface area is 138 Å². The van der Waals surface area contributed by atoms with Crippen molar-refractivity contribution in [1.82, 2.24) is 5.32 Å². The number of nitrogens with zero attached hydrogens (tertiary/aromatic N) is 1. The number of nitrogens with one attached hydrogen (secondary N) is 1. The molecular weight excluding hydrogens is 316 g/mol. The molecule has 1 aromatic rings. The van der Waals surface area contributed by atoms with Crippen molar-refractivity contribution in [1.29, 1.82) is 0 Å². The fraction of sp³-hybridized carbons (Fsp3) is 0.500. The van der Waals surface area contributed by atoms with Crippen LogP contribution in [0.1, 0.15) is 12.8 Å². The van der Waals surface area contributed by atoms with Crippen LogP contribution in [0.3, 0.4) is 0 Å². The Bertz CT molecular complexity index is 647. The lowest BCUT2D eigenvalue weighted by Crippen LogP contribution is -2.54. The van der Waals surface area contributed by atoms with E-state index in [1.807, 2.05) is 24.3 Å². The van der Waals surface area contributed by atoms with Crippen LogP contribution in [-0.4, -0.2) is 49.2 Å². The molecule has 122 valence electrons. The molecule has 0 aromatic heterocycles. The van der Waals surface area contributed by atoms with E-state index in [0.29, 0.717) is 39.2 Å². The molecule has 2 atom stereocenters. The van der Waals surface area contributed by atoms with Crippen LogP contribution in [0.15, 0.2) is 29.2 Å². The third kappa shape index (κ3) is 2.43. The summed E-state index contributed by atoms with van der Waals surface area (Å²) in [6.07, 6.45) is 0.806. The normalized spacial score (nSPS) is 29.3. The Morgan fingerprint density at radius 1 is 1.39 bits per heavy atom. The molecule has 0 radical (unpaired) electrons. The van der Waals surface area contributed by atoms with Crippen LogP contribution in [-0.2, 0) is 19.1 Å². The van der Waals surface area contributed by atoms with E-state index in [-0.39, 0.29) is 17.9 Å². The van der Waals surface area contributed by atoms with Crippen molar-refractivity contribution >= 4 is 29.3 Å². The third-order valence-corrected chi connectivity index (χ3v) is 5.88. The number of rotatable bonds is 3. The van der Waals surface area contributed by atoms with E-state index in [0.717, 1.165) is 10.6 Å². The number of ether oxygens (including phenoxy) is 2. The van der Waals surface area contributed by atoms with Gasteiger partial charge in [-0.2, -0.15) is 0 Å². The topological polar surface area (TPSA) is 67.9 Å². The number of hydrogen-bond donors (Lipinski definition) is 1. The average Bonchev–Trinajstić information content (AvgIpc) is 3.10.